The van der Waals surface area contributed by atoms with Crippen LogP contribution >= 0.6 is 0 Å². The molecule has 6 nitrogen and oxygen atoms in total. The number of carbonyl (C=O) groups excluding carboxylic acids is 1. The van der Waals surface area contributed by atoms with E-state index < -0.39 is 0 Å². The number of carbonyl (C=O) groups is 1. The standard InChI is InChI=1S/C23H30N4O2/c1-3-16-26-20-12-7-8-13-21(20)27(23(26)29)18-14-22(28)24-15-9-17-25(2)19-10-5-4-6-11-19/h4-8,10-13H,3,9,14-18H2,1-2H3,(H,24,28). The van der Waals surface area contributed by atoms with E-state index >= 15 is 0 Å². The number of aryl methyl sites for hydroxylation is 2. The lowest BCUT2D eigenvalue weighted by Crippen LogP contribution is -2.30. The first-order chi connectivity index (χ1) is 14.1. The number of nitrogens with zero attached hydrogens (tertiary/aromatic N) is 3. The number of rotatable bonds is 10. The number of benzene rings is 2. The van der Waals surface area contributed by atoms with Gasteiger partial charge in [0.15, 0.2) is 0 Å². The zero-order chi connectivity index (χ0) is 20.6. The minimum Gasteiger partial charge on any atom is -0.375 e. The summed E-state index contributed by atoms with van der Waals surface area (Å²) in [5, 5.41) is 2.97. The molecular weight excluding hydrogens is 364 g/mol. The van der Waals surface area contributed by atoms with Crippen LogP contribution in [0.5, 0.6) is 0 Å². The molecule has 0 fully saturated rings. The van der Waals surface area contributed by atoms with Crippen molar-refractivity contribution in [2.75, 3.05) is 25.0 Å². The third kappa shape index (κ3) is 5.08. The van der Waals surface area contributed by atoms with E-state index in [0.717, 1.165) is 30.4 Å². The Morgan fingerprint density at radius 3 is 2.24 bits per heavy atom. The highest BCUT2D eigenvalue weighted by molar-refractivity contribution is 5.78. The minimum absolute atomic E-state index is 0.0217. The molecule has 0 radical (unpaired) electrons. The number of amides is 1. The average molecular weight is 395 g/mol. The van der Waals surface area contributed by atoms with Gasteiger partial charge in [0.25, 0.3) is 0 Å². The first-order valence-corrected chi connectivity index (χ1v) is 10.3. The molecule has 0 bridgehead atoms. The van der Waals surface area contributed by atoms with E-state index in [1.54, 1.807) is 9.13 Å². The summed E-state index contributed by atoms with van der Waals surface area (Å²) in [4.78, 5) is 27.2. The number of hydrogen-bond acceptors (Lipinski definition) is 3. The van der Waals surface area contributed by atoms with Crippen LogP contribution in [-0.4, -0.2) is 35.2 Å². The molecule has 0 aliphatic heterocycles. The Balaban J connectivity index is 1.50. The minimum atomic E-state index is -0.0367. The average Bonchev–Trinajstić information content (AvgIpc) is 3.01. The highest BCUT2D eigenvalue weighted by Crippen LogP contribution is 2.14. The van der Waals surface area contributed by atoms with Crippen LogP contribution < -0.4 is 15.9 Å². The fraction of sp³-hybridized carbons (Fsp3) is 0.391. The van der Waals surface area contributed by atoms with E-state index in [0.29, 0.717) is 26.1 Å². The molecule has 2 aromatic carbocycles. The highest BCUT2D eigenvalue weighted by Gasteiger charge is 2.13. The number of anilines is 1. The molecule has 154 valence electrons. The molecule has 6 heteroatoms. The Kier molecular flexibility index (Phi) is 7.11. The van der Waals surface area contributed by atoms with Gasteiger partial charge in [0.2, 0.25) is 5.91 Å². The Bertz CT molecular complexity index is 991. The maximum absolute atomic E-state index is 12.7. The summed E-state index contributed by atoms with van der Waals surface area (Å²) in [6.45, 7) is 4.64. The smallest absolute Gasteiger partial charge is 0.329 e. The van der Waals surface area contributed by atoms with Crippen LogP contribution in [0.2, 0.25) is 0 Å². The lowest BCUT2D eigenvalue weighted by atomic mass is 10.3. The van der Waals surface area contributed by atoms with Gasteiger partial charge in [-0.1, -0.05) is 37.3 Å². The Hall–Kier alpha value is -3.02. The largest absolute Gasteiger partial charge is 0.375 e. The number of fused-ring (bicyclic) bond motifs is 1. The zero-order valence-electron chi connectivity index (χ0n) is 17.3. The Labute approximate surface area is 171 Å². The molecule has 0 aliphatic rings. The van der Waals surface area contributed by atoms with Gasteiger partial charge in [0, 0.05) is 45.3 Å². The first kappa shape index (κ1) is 20.7. The van der Waals surface area contributed by atoms with Crippen molar-refractivity contribution in [3.05, 3.63) is 65.1 Å². The van der Waals surface area contributed by atoms with Gasteiger partial charge in [-0.05, 0) is 37.1 Å². The zero-order valence-corrected chi connectivity index (χ0v) is 17.3. The van der Waals surface area contributed by atoms with Gasteiger partial charge < -0.3 is 10.2 Å². The predicted octanol–water partition coefficient (Wildman–Crippen LogP) is 3.25. The monoisotopic (exact) mass is 394 g/mol. The topological polar surface area (TPSA) is 59.3 Å². The number of hydrogen-bond donors (Lipinski definition) is 1. The van der Waals surface area contributed by atoms with Gasteiger partial charge >= 0.3 is 5.69 Å². The summed E-state index contributed by atoms with van der Waals surface area (Å²) in [7, 11) is 2.05. The molecule has 0 saturated heterocycles. The molecule has 1 aromatic heterocycles. The molecule has 1 heterocycles. The second kappa shape index (κ2) is 9.96. The van der Waals surface area contributed by atoms with Crippen LogP contribution in [0.1, 0.15) is 26.2 Å². The van der Waals surface area contributed by atoms with Crippen molar-refractivity contribution in [2.24, 2.45) is 0 Å². The summed E-state index contributed by atoms with van der Waals surface area (Å²) in [5.41, 5.74) is 2.96. The number of para-hydroxylation sites is 3. The first-order valence-electron chi connectivity index (χ1n) is 10.3. The van der Waals surface area contributed by atoms with Gasteiger partial charge in [-0.15, -0.1) is 0 Å². The lowest BCUT2D eigenvalue weighted by molar-refractivity contribution is -0.121. The molecule has 0 spiro atoms. The van der Waals surface area contributed by atoms with Crippen LogP contribution in [0.15, 0.2) is 59.4 Å². The van der Waals surface area contributed by atoms with Gasteiger partial charge in [0.05, 0.1) is 11.0 Å². The molecule has 0 saturated carbocycles. The van der Waals surface area contributed by atoms with Gasteiger partial charge in [0.1, 0.15) is 0 Å². The second-order valence-electron chi connectivity index (χ2n) is 7.29. The molecule has 29 heavy (non-hydrogen) atoms. The van der Waals surface area contributed by atoms with E-state index in [9.17, 15) is 9.59 Å². The van der Waals surface area contributed by atoms with Crippen molar-refractivity contribution in [1.82, 2.24) is 14.5 Å². The van der Waals surface area contributed by atoms with Crippen molar-refractivity contribution in [1.29, 1.82) is 0 Å². The predicted molar refractivity (Wildman–Crippen MR) is 118 cm³/mol. The summed E-state index contributed by atoms with van der Waals surface area (Å²) < 4.78 is 3.51. The van der Waals surface area contributed by atoms with Gasteiger partial charge in [-0.25, -0.2) is 4.79 Å². The number of aromatic nitrogens is 2. The summed E-state index contributed by atoms with van der Waals surface area (Å²) in [5.74, 6) is -0.0217. The van der Waals surface area contributed by atoms with Crippen molar-refractivity contribution in [3.63, 3.8) is 0 Å². The fourth-order valence-electron chi connectivity index (χ4n) is 3.59. The molecule has 0 unspecified atom stereocenters. The molecule has 1 N–H and O–H groups in total. The van der Waals surface area contributed by atoms with Crippen molar-refractivity contribution in [3.8, 4) is 0 Å². The quantitative estimate of drug-likeness (QED) is 0.537. The maximum Gasteiger partial charge on any atom is 0.329 e. The maximum atomic E-state index is 12.7. The van der Waals surface area contributed by atoms with E-state index in [1.807, 2.05) is 42.5 Å². The molecule has 3 rings (SSSR count). The fourth-order valence-corrected chi connectivity index (χ4v) is 3.59. The normalized spacial score (nSPS) is 11.0. The summed E-state index contributed by atoms with van der Waals surface area (Å²) in [6, 6.07) is 18.0. The van der Waals surface area contributed by atoms with Gasteiger partial charge in [-0.3, -0.25) is 13.9 Å². The summed E-state index contributed by atoms with van der Waals surface area (Å²) in [6.07, 6.45) is 2.06. The Morgan fingerprint density at radius 2 is 1.59 bits per heavy atom. The SMILES string of the molecule is CCCn1c(=O)n(CCC(=O)NCCCN(C)c2ccccc2)c2ccccc21. The van der Waals surface area contributed by atoms with E-state index in [2.05, 4.69) is 36.3 Å². The molecule has 1 amide bonds. The van der Waals surface area contributed by atoms with Crippen molar-refractivity contribution < 1.29 is 4.79 Å². The third-order valence-corrected chi connectivity index (χ3v) is 5.12. The summed E-state index contributed by atoms with van der Waals surface area (Å²) >= 11 is 0. The highest BCUT2D eigenvalue weighted by atomic mass is 16.2. The van der Waals surface area contributed by atoms with Crippen LogP contribution in [0.4, 0.5) is 5.69 Å². The molecule has 0 atom stereocenters. The number of nitrogens with one attached hydrogen (secondary N) is 1. The molecule has 3 aromatic rings. The van der Waals surface area contributed by atoms with Gasteiger partial charge in [-0.2, -0.15) is 0 Å². The van der Waals surface area contributed by atoms with E-state index in [1.165, 1.54) is 5.69 Å². The Morgan fingerprint density at radius 1 is 0.966 bits per heavy atom. The molecular formula is C23H30N4O2. The van der Waals surface area contributed by atoms with Crippen molar-refractivity contribution in [2.45, 2.75) is 39.3 Å². The van der Waals surface area contributed by atoms with Crippen LogP contribution in [-0.2, 0) is 17.9 Å². The van der Waals surface area contributed by atoms with E-state index in [-0.39, 0.29) is 11.6 Å². The third-order valence-electron chi connectivity index (χ3n) is 5.12. The van der Waals surface area contributed by atoms with Crippen molar-refractivity contribution >= 4 is 22.6 Å². The molecule has 0 aliphatic carbocycles. The van der Waals surface area contributed by atoms with E-state index in [4.69, 9.17) is 0 Å². The lowest BCUT2D eigenvalue weighted by Gasteiger charge is -2.19. The van der Waals surface area contributed by atoms with Crippen LogP contribution in [0.3, 0.4) is 0 Å². The van der Waals surface area contributed by atoms with Crippen LogP contribution in [0, 0.1) is 0 Å². The second-order valence-corrected chi connectivity index (χ2v) is 7.29. The number of imidazole rings is 1. The van der Waals surface area contributed by atoms with Crippen LogP contribution in [0.25, 0.3) is 11.0 Å².